The van der Waals surface area contributed by atoms with Crippen molar-refractivity contribution in [1.82, 2.24) is 10.2 Å². The molecule has 3 amide bonds. The van der Waals surface area contributed by atoms with Gasteiger partial charge >= 0.3 is 12.0 Å². The number of hydrogen-bond acceptors (Lipinski definition) is 6. The van der Waals surface area contributed by atoms with Crippen LogP contribution in [0.5, 0.6) is 5.75 Å². The quantitative estimate of drug-likeness (QED) is 0.749. The summed E-state index contributed by atoms with van der Waals surface area (Å²) in [5.74, 6) is 0.321. The molecule has 1 aromatic rings. The van der Waals surface area contributed by atoms with Crippen molar-refractivity contribution in [3.63, 3.8) is 0 Å². The maximum atomic E-state index is 12.4. The number of anilines is 1. The molecule has 3 rings (SSSR count). The molecule has 1 saturated carbocycles. The third-order valence-electron chi connectivity index (χ3n) is 5.62. The highest BCUT2D eigenvalue weighted by molar-refractivity contribution is 6.01. The summed E-state index contributed by atoms with van der Waals surface area (Å²) in [5.41, 5.74) is 0.548. The van der Waals surface area contributed by atoms with Gasteiger partial charge in [-0.05, 0) is 49.4 Å². The van der Waals surface area contributed by atoms with Crippen molar-refractivity contribution >= 4 is 23.6 Å². The number of imide groups is 1. The standard InChI is InChI=1S/C20H27N3O5/c1-27-15-9-7-14(8-10-15)21-20(26)22-18(24)12-23-16-6-4-3-5-13(16)11-17(23)19(25)28-2/h7-10,13,16-17H,3-6,11-12H2,1-2H3,(H2,21,22,24,26)/t13-,16+,17+/m1/s1. The van der Waals surface area contributed by atoms with Gasteiger partial charge in [-0.15, -0.1) is 0 Å². The van der Waals surface area contributed by atoms with E-state index in [9.17, 15) is 14.4 Å². The Morgan fingerprint density at radius 1 is 1.11 bits per heavy atom. The fraction of sp³-hybridized carbons (Fsp3) is 0.550. The highest BCUT2D eigenvalue weighted by atomic mass is 16.5. The Balaban J connectivity index is 1.58. The summed E-state index contributed by atoms with van der Waals surface area (Å²) in [6.07, 6.45) is 4.98. The molecule has 1 aliphatic heterocycles. The number of fused-ring (bicyclic) bond motifs is 1. The van der Waals surface area contributed by atoms with Crippen molar-refractivity contribution in [3.05, 3.63) is 24.3 Å². The largest absolute Gasteiger partial charge is 0.497 e. The number of likely N-dealkylation sites (tertiary alicyclic amines) is 1. The molecular formula is C20H27N3O5. The minimum absolute atomic E-state index is 0.00301. The van der Waals surface area contributed by atoms with Crippen molar-refractivity contribution in [2.45, 2.75) is 44.2 Å². The Labute approximate surface area is 164 Å². The van der Waals surface area contributed by atoms with Gasteiger partial charge in [0.15, 0.2) is 0 Å². The molecular weight excluding hydrogens is 362 g/mol. The highest BCUT2D eigenvalue weighted by Gasteiger charge is 2.46. The summed E-state index contributed by atoms with van der Waals surface area (Å²) in [7, 11) is 2.93. The van der Waals surface area contributed by atoms with E-state index < -0.39 is 18.0 Å². The van der Waals surface area contributed by atoms with Gasteiger partial charge in [-0.3, -0.25) is 19.8 Å². The molecule has 0 radical (unpaired) electrons. The van der Waals surface area contributed by atoms with E-state index >= 15 is 0 Å². The first kappa shape index (κ1) is 20.1. The molecule has 3 atom stereocenters. The van der Waals surface area contributed by atoms with Crippen molar-refractivity contribution < 1.29 is 23.9 Å². The summed E-state index contributed by atoms with van der Waals surface area (Å²) in [4.78, 5) is 38.7. The van der Waals surface area contributed by atoms with E-state index in [-0.39, 0.29) is 18.6 Å². The van der Waals surface area contributed by atoms with Crippen LogP contribution in [0.2, 0.25) is 0 Å². The SMILES string of the molecule is COC(=O)[C@@H]1C[C@H]2CCCC[C@@H]2N1CC(=O)NC(=O)Nc1ccc(OC)cc1. The third kappa shape index (κ3) is 4.62. The van der Waals surface area contributed by atoms with Crippen LogP contribution in [0.15, 0.2) is 24.3 Å². The molecule has 8 heteroatoms. The molecule has 2 N–H and O–H groups in total. The average molecular weight is 389 g/mol. The van der Waals surface area contributed by atoms with Crippen LogP contribution in [0.25, 0.3) is 0 Å². The van der Waals surface area contributed by atoms with Crippen molar-refractivity contribution in [3.8, 4) is 5.75 Å². The fourth-order valence-electron chi connectivity index (χ4n) is 4.32. The van der Waals surface area contributed by atoms with E-state index in [1.54, 1.807) is 31.4 Å². The number of carbonyl (C=O) groups excluding carboxylic acids is 3. The van der Waals surface area contributed by atoms with Crippen molar-refractivity contribution in [2.75, 3.05) is 26.1 Å². The third-order valence-corrected chi connectivity index (χ3v) is 5.62. The lowest BCUT2D eigenvalue weighted by molar-refractivity contribution is -0.146. The second-order valence-electron chi connectivity index (χ2n) is 7.29. The molecule has 152 valence electrons. The number of carbonyl (C=O) groups is 3. The minimum Gasteiger partial charge on any atom is -0.497 e. The van der Waals surface area contributed by atoms with Gasteiger partial charge in [0, 0.05) is 11.7 Å². The number of amides is 3. The summed E-state index contributed by atoms with van der Waals surface area (Å²) in [6.45, 7) is -0.00301. The predicted octanol–water partition coefficient (Wildman–Crippen LogP) is 2.15. The zero-order valence-electron chi connectivity index (χ0n) is 16.3. The van der Waals surface area contributed by atoms with Gasteiger partial charge in [0.25, 0.3) is 0 Å². The van der Waals surface area contributed by atoms with Crippen LogP contribution < -0.4 is 15.4 Å². The number of rotatable bonds is 5. The minimum atomic E-state index is -0.607. The smallest absolute Gasteiger partial charge is 0.325 e. The summed E-state index contributed by atoms with van der Waals surface area (Å²) in [5, 5.41) is 4.96. The molecule has 0 spiro atoms. The summed E-state index contributed by atoms with van der Waals surface area (Å²) < 4.78 is 10.00. The molecule has 2 aliphatic rings. The van der Waals surface area contributed by atoms with Crippen LogP contribution in [0.1, 0.15) is 32.1 Å². The van der Waals surface area contributed by atoms with E-state index in [0.29, 0.717) is 23.8 Å². The van der Waals surface area contributed by atoms with Gasteiger partial charge in [0.1, 0.15) is 11.8 Å². The second kappa shape index (κ2) is 9.05. The van der Waals surface area contributed by atoms with E-state index in [1.165, 1.54) is 7.11 Å². The molecule has 1 saturated heterocycles. The van der Waals surface area contributed by atoms with Gasteiger partial charge in [0.2, 0.25) is 5.91 Å². The van der Waals surface area contributed by atoms with E-state index in [0.717, 1.165) is 25.7 Å². The molecule has 1 aromatic carbocycles. The fourth-order valence-corrected chi connectivity index (χ4v) is 4.32. The summed E-state index contributed by atoms with van der Waals surface area (Å²) in [6, 6.07) is 5.95. The first-order valence-electron chi connectivity index (χ1n) is 9.60. The van der Waals surface area contributed by atoms with Crippen LogP contribution in [0.4, 0.5) is 10.5 Å². The Morgan fingerprint density at radius 3 is 2.50 bits per heavy atom. The number of urea groups is 1. The zero-order valence-corrected chi connectivity index (χ0v) is 16.3. The lowest BCUT2D eigenvalue weighted by Gasteiger charge is -2.32. The monoisotopic (exact) mass is 389 g/mol. The first-order chi connectivity index (χ1) is 13.5. The van der Waals surface area contributed by atoms with Gasteiger partial charge in [-0.1, -0.05) is 12.8 Å². The number of nitrogens with zero attached hydrogens (tertiary/aromatic N) is 1. The molecule has 1 aliphatic carbocycles. The van der Waals surface area contributed by atoms with E-state index in [1.807, 2.05) is 4.90 Å². The Kier molecular flexibility index (Phi) is 6.51. The van der Waals surface area contributed by atoms with Crippen LogP contribution >= 0.6 is 0 Å². The molecule has 8 nitrogen and oxygen atoms in total. The van der Waals surface area contributed by atoms with Gasteiger partial charge in [0.05, 0.1) is 20.8 Å². The molecule has 2 fully saturated rings. The van der Waals surface area contributed by atoms with Crippen LogP contribution in [-0.2, 0) is 14.3 Å². The Morgan fingerprint density at radius 2 is 1.82 bits per heavy atom. The maximum absolute atomic E-state index is 12.4. The molecule has 0 bridgehead atoms. The van der Waals surface area contributed by atoms with Crippen molar-refractivity contribution in [2.24, 2.45) is 5.92 Å². The maximum Gasteiger partial charge on any atom is 0.325 e. The van der Waals surface area contributed by atoms with Crippen molar-refractivity contribution in [1.29, 1.82) is 0 Å². The molecule has 0 aromatic heterocycles. The van der Waals surface area contributed by atoms with Crippen LogP contribution in [0, 0.1) is 5.92 Å². The van der Waals surface area contributed by atoms with E-state index in [2.05, 4.69) is 10.6 Å². The number of nitrogens with one attached hydrogen (secondary N) is 2. The highest BCUT2D eigenvalue weighted by Crippen LogP contribution is 2.39. The number of methoxy groups -OCH3 is 2. The molecule has 1 heterocycles. The average Bonchev–Trinajstić information content (AvgIpc) is 3.06. The zero-order chi connectivity index (χ0) is 20.1. The predicted molar refractivity (Wildman–Crippen MR) is 103 cm³/mol. The Hall–Kier alpha value is -2.61. The normalized spacial score (nSPS) is 24.1. The summed E-state index contributed by atoms with van der Waals surface area (Å²) >= 11 is 0. The van der Waals surface area contributed by atoms with Crippen LogP contribution in [0.3, 0.4) is 0 Å². The number of esters is 1. The number of benzene rings is 1. The van der Waals surface area contributed by atoms with Gasteiger partial charge in [-0.2, -0.15) is 0 Å². The number of hydrogen-bond donors (Lipinski definition) is 2. The van der Waals surface area contributed by atoms with Gasteiger partial charge < -0.3 is 14.8 Å². The topological polar surface area (TPSA) is 97.0 Å². The Bertz CT molecular complexity index is 721. The lowest BCUT2D eigenvalue weighted by Crippen LogP contribution is -2.49. The van der Waals surface area contributed by atoms with E-state index in [4.69, 9.17) is 9.47 Å². The first-order valence-corrected chi connectivity index (χ1v) is 9.60. The lowest BCUT2D eigenvalue weighted by atomic mass is 9.85. The second-order valence-corrected chi connectivity index (χ2v) is 7.29. The van der Waals surface area contributed by atoms with Gasteiger partial charge in [-0.25, -0.2) is 4.79 Å². The molecule has 0 unspecified atom stereocenters. The van der Waals surface area contributed by atoms with Crippen LogP contribution in [-0.4, -0.2) is 55.7 Å². The molecule has 28 heavy (non-hydrogen) atoms. The number of ether oxygens (including phenoxy) is 2.